The second kappa shape index (κ2) is 3.86. The Balaban J connectivity index is 2.61. The average molecular weight is 267 g/mol. The summed E-state index contributed by atoms with van der Waals surface area (Å²) in [5.74, 6) is -0.977. The molecule has 0 amide bonds. The van der Waals surface area contributed by atoms with Gasteiger partial charge in [-0.1, -0.05) is 15.9 Å². The van der Waals surface area contributed by atoms with Gasteiger partial charge in [-0.05, 0) is 18.2 Å². The molecule has 0 radical (unpaired) electrons. The quantitative estimate of drug-likeness (QED) is 0.821. The highest BCUT2D eigenvalue weighted by atomic mass is 79.9. The minimum atomic E-state index is -0.977. The summed E-state index contributed by atoms with van der Waals surface area (Å²) in [6.07, 6.45) is 4.19. The molecular weight excluding hydrogens is 260 g/mol. The maximum Gasteiger partial charge on any atom is 0.328 e. The van der Waals surface area contributed by atoms with Crippen molar-refractivity contribution in [2.45, 2.75) is 0 Å². The lowest BCUT2D eigenvalue weighted by Gasteiger charge is -1.98. The van der Waals surface area contributed by atoms with Crippen LogP contribution in [0.3, 0.4) is 0 Å². The molecule has 0 spiro atoms. The van der Waals surface area contributed by atoms with Crippen molar-refractivity contribution >= 4 is 39.0 Å². The van der Waals surface area contributed by atoms with Crippen LogP contribution in [0, 0.1) is 0 Å². The van der Waals surface area contributed by atoms with Crippen LogP contribution in [0.4, 0.5) is 0 Å². The zero-order valence-corrected chi connectivity index (χ0v) is 9.15. The smallest absolute Gasteiger partial charge is 0.328 e. The number of rotatable bonds is 2. The Bertz CT molecular complexity index is 545. The molecule has 0 aliphatic carbocycles. The molecule has 2 aromatic rings. The van der Waals surface area contributed by atoms with E-state index in [4.69, 9.17) is 5.11 Å². The number of imidazole rings is 1. The van der Waals surface area contributed by atoms with E-state index in [-0.39, 0.29) is 0 Å². The summed E-state index contributed by atoms with van der Waals surface area (Å²) in [5, 5.41) is 8.56. The first-order chi connectivity index (χ1) is 7.18. The van der Waals surface area contributed by atoms with Crippen molar-refractivity contribution in [1.82, 2.24) is 9.97 Å². The van der Waals surface area contributed by atoms with Crippen molar-refractivity contribution < 1.29 is 9.90 Å². The van der Waals surface area contributed by atoms with Crippen molar-refractivity contribution in [3.05, 3.63) is 34.6 Å². The van der Waals surface area contributed by atoms with Crippen LogP contribution in [-0.4, -0.2) is 21.0 Å². The van der Waals surface area contributed by atoms with E-state index in [1.807, 2.05) is 12.1 Å². The highest BCUT2D eigenvalue weighted by molar-refractivity contribution is 9.10. The van der Waals surface area contributed by atoms with Crippen LogP contribution < -0.4 is 0 Å². The lowest BCUT2D eigenvalue weighted by molar-refractivity contribution is -0.131. The van der Waals surface area contributed by atoms with Gasteiger partial charge in [0.2, 0.25) is 0 Å². The first-order valence-corrected chi connectivity index (χ1v) is 5.00. The standard InChI is InChI=1S/C10H7BrN2O2/c11-7-2-3-8-10(13-5-12-8)6(7)1-4-9(14)15/h1-5H,(H,12,13)(H,14,15)/b4-1+. The molecule has 1 aromatic carbocycles. The van der Waals surface area contributed by atoms with E-state index in [0.717, 1.165) is 27.1 Å². The van der Waals surface area contributed by atoms with E-state index in [2.05, 4.69) is 25.9 Å². The van der Waals surface area contributed by atoms with Crippen molar-refractivity contribution in [3.63, 3.8) is 0 Å². The van der Waals surface area contributed by atoms with Crippen LogP contribution in [0.2, 0.25) is 0 Å². The zero-order chi connectivity index (χ0) is 10.8. The predicted molar refractivity (Wildman–Crippen MR) is 60.5 cm³/mol. The van der Waals surface area contributed by atoms with Crippen LogP contribution in [0.5, 0.6) is 0 Å². The largest absolute Gasteiger partial charge is 0.478 e. The molecule has 0 bridgehead atoms. The number of aromatic nitrogens is 2. The molecular formula is C10H7BrN2O2. The highest BCUT2D eigenvalue weighted by Crippen LogP contribution is 2.25. The number of halogens is 1. The molecule has 0 atom stereocenters. The monoisotopic (exact) mass is 266 g/mol. The van der Waals surface area contributed by atoms with Gasteiger partial charge in [0.25, 0.3) is 0 Å². The molecule has 5 heteroatoms. The van der Waals surface area contributed by atoms with Crippen molar-refractivity contribution in [3.8, 4) is 0 Å². The maximum absolute atomic E-state index is 10.4. The molecule has 0 fully saturated rings. The van der Waals surface area contributed by atoms with Gasteiger partial charge < -0.3 is 10.1 Å². The van der Waals surface area contributed by atoms with Crippen LogP contribution in [0.25, 0.3) is 17.1 Å². The molecule has 1 heterocycles. The summed E-state index contributed by atoms with van der Waals surface area (Å²) >= 11 is 3.35. The highest BCUT2D eigenvalue weighted by Gasteiger charge is 2.05. The summed E-state index contributed by atoms with van der Waals surface area (Å²) in [5.41, 5.74) is 2.39. The van der Waals surface area contributed by atoms with Crippen LogP contribution in [0.1, 0.15) is 5.56 Å². The number of benzene rings is 1. The molecule has 0 aliphatic heterocycles. The lowest BCUT2D eigenvalue weighted by Crippen LogP contribution is -1.87. The zero-order valence-electron chi connectivity index (χ0n) is 7.57. The van der Waals surface area contributed by atoms with E-state index in [9.17, 15) is 4.79 Å². The SMILES string of the molecule is O=C(O)/C=C/c1c(Br)ccc2[nH]cnc12. The molecule has 2 N–H and O–H groups in total. The minimum absolute atomic E-state index is 0.752. The maximum atomic E-state index is 10.4. The fourth-order valence-electron chi connectivity index (χ4n) is 1.32. The molecule has 15 heavy (non-hydrogen) atoms. The average Bonchev–Trinajstić information content (AvgIpc) is 2.63. The Hall–Kier alpha value is -1.62. The van der Waals surface area contributed by atoms with Gasteiger partial charge in [0.1, 0.15) is 0 Å². The molecule has 0 saturated heterocycles. The third-order valence-corrected chi connectivity index (χ3v) is 2.66. The van der Waals surface area contributed by atoms with E-state index in [0.29, 0.717) is 0 Å². The molecule has 1 aromatic heterocycles. The van der Waals surface area contributed by atoms with E-state index in [1.54, 1.807) is 6.33 Å². The fraction of sp³-hybridized carbons (Fsp3) is 0. The number of aromatic amines is 1. The van der Waals surface area contributed by atoms with Gasteiger partial charge >= 0.3 is 5.97 Å². The number of aliphatic carboxylic acids is 1. The molecule has 2 rings (SSSR count). The number of carboxylic acids is 1. The Morgan fingerprint density at radius 1 is 1.53 bits per heavy atom. The van der Waals surface area contributed by atoms with Gasteiger partial charge in [-0.25, -0.2) is 9.78 Å². The minimum Gasteiger partial charge on any atom is -0.478 e. The van der Waals surface area contributed by atoms with Crippen molar-refractivity contribution in [2.24, 2.45) is 0 Å². The number of hydrogen-bond acceptors (Lipinski definition) is 2. The van der Waals surface area contributed by atoms with Crippen molar-refractivity contribution in [2.75, 3.05) is 0 Å². The second-order valence-electron chi connectivity index (χ2n) is 2.93. The van der Waals surface area contributed by atoms with Crippen LogP contribution >= 0.6 is 15.9 Å². The molecule has 0 saturated carbocycles. The summed E-state index contributed by atoms with van der Waals surface area (Å²) in [7, 11) is 0. The van der Waals surface area contributed by atoms with E-state index >= 15 is 0 Å². The number of carboxylic acid groups (broad SMARTS) is 1. The van der Waals surface area contributed by atoms with E-state index < -0.39 is 5.97 Å². The third-order valence-electron chi connectivity index (χ3n) is 1.97. The first-order valence-electron chi connectivity index (χ1n) is 4.21. The number of hydrogen-bond donors (Lipinski definition) is 2. The summed E-state index contributed by atoms with van der Waals surface area (Å²) < 4.78 is 0.819. The molecule has 0 unspecified atom stereocenters. The Morgan fingerprint density at radius 3 is 3.07 bits per heavy atom. The summed E-state index contributed by atoms with van der Waals surface area (Å²) in [6, 6.07) is 3.73. The number of nitrogens with zero attached hydrogens (tertiary/aromatic N) is 1. The number of fused-ring (bicyclic) bond motifs is 1. The van der Waals surface area contributed by atoms with Gasteiger partial charge in [-0.2, -0.15) is 0 Å². The number of carbonyl (C=O) groups is 1. The Labute approximate surface area is 93.8 Å². The van der Waals surface area contributed by atoms with Crippen LogP contribution in [0.15, 0.2) is 29.0 Å². The lowest BCUT2D eigenvalue weighted by atomic mass is 10.1. The number of nitrogens with one attached hydrogen (secondary N) is 1. The first kappa shape index (κ1) is 9.92. The topological polar surface area (TPSA) is 66.0 Å². The summed E-state index contributed by atoms with van der Waals surface area (Å²) in [6.45, 7) is 0. The van der Waals surface area contributed by atoms with E-state index in [1.165, 1.54) is 6.08 Å². The Kier molecular flexibility index (Phi) is 2.55. The van der Waals surface area contributed by atoms with Crippen molar-refractivity contribution in [1.29, 1.82) is 0 Å². The van der Waals surface area contributed by atoms with Crippen LogP contribution in [-0.2, 0) is 4.79 Å². The third kappa shape index (κ3) is 1.92. The van der Waals surface area contributed by atoms with Gasteiger partial charge in [0.15, 0.2) is 0 Å². The predicted octanol–water partition coefficient (Wildman–Crippen LogP) is 2.42. The van der Waals surface area contributed by atoms with Gasteiger partial charge in [-0.15, -0.1) is 0 Å². The fourth-order valence-corrected chi connectivity index (χ4v) is 1.77. The number of H-pyrrole nitrogens is 1. The molecule has 0 aliphatic rings. The molecule has 4 nitrogen and oxygen atoms in total. The second-order valence-corrected chi connectivity index (χ2v) is 3.79. The Morgan fingerprint density at radius 2 is 2.33 bits per heavy atom. The normalized spacial score (nSPS) is 11.3. The van der Waals surface area contributed by atoms with Gasteiger partial charge in [-0.3, -0.25) is 0 Å². The van der Waals surface area contributed by atoms with Gasteiger partial charge in [0.05, 0.1) is 17.4 Å². The summed E-state index contributed by atoms with van der Waals surface area (Å²) in [4.78, 5) is 17.5. The molecule has 76 valence electrons. The van der Waals surface area contributed by atoms with Gasteiger partial charge in [0, 0.05) is 16.1 Å².